The molecule has 0 spiro atoms. The second-order valence-electron chi connectivity index (χ2n) is 6.39. The predicted molar refractivity (Wildman–Crippen MR) is 99.6 cm³/mol. The number of carbonyl (C=O) groups excluding carboxylic acids is 1. The lowest BCUT2D eigenvalue weighted by Gasteiger charge is -2.26. The fourth-order valence-corrected chi connectivity index (χ4v) is 3.40. The summed E-state index contributed by atoms with van der Waals surface area (Å²) in [6.45, 7) is 0.835. The van der Waals surface area contributed by atoms with Gasteiger partial charge in [-0.15, -0.1) is 0 Å². The second-order valence-corrected chi connectivity index (χ2v) is 6.39. The first-order chi connectivity index (χ1) is 13.2. The predicted octanol–water partition coefficient (Wildman–Crippen LogP) is 2.36. The van der Waals surface area contributed by atoms with Crippen molar-refractivity contribution in [3.8, 4) is 0 Å². The molecule has 0 saturated carbocycles. The van der Waals surface area contributed by atoms with Crippen molar-refractivity contribution in [1.82, 2.24) is 24.9 Å². The number of likely N-dealkylation sites (N-methyl/N-ethyl adjacent to an activating group) is 1. The van der Waals surface area contributed by atoms with E-state index in [0.29, 0.717) is 5.65 Å². The fraction of sp³-hybridized carbons (Fsp3) is 0.263. The molecule has 1 aliphatic rings. The molecule has 0 aliphatic carbocycles. The first kappa shape index (κ1) is 17.1. The van der Waals surface area contributed by atoms with Gasteiger partial charge in [-0.1, -0.05) is 0 Å². The highest BCUT2D eigenvalue weighted by Gasteiger charge is 2.28. The van der Waals surface area contributed by atoms with Crippen molar-refractivity contribution in [2.75, 3.05) is 18.5 Å². The number of aromatic nitrogens is 4. The largest absolute Gasteiger partial charge is 0.356 e. The number of hydrogen-bond donors (Lipinski definition) is 1. The van der Waals surface area contributed by atoms with Gasteiger partial charge in [-0.3, -0.25) is 9.78 Å². The van der Waals surface area contributed by atoms with Crippen LogP contribution in [0.3, 0.4) is 0 Å². The molecule has 4 rings (SSSR count). The van der Waals surface area contributed by atoms with Crippen LogP contribution in [0.2, 0.25) is 0 Å². The third kappa shape index (κ3) is 3.38. The molecule has 1 amide bonds. The van der Waals surface area contributed by atoms with E-state index in [1.807, 2.05) is 12.3 Å². The maximum absolute atomic E-state index is 13.6. The van der Waals surface area contributed by atoms with Crippen LogP contribution >= 0.6 is 0 Å². The monoisotopic (exact) mass is 366 g/mol. The number of nitrogens with zero attached hydrogens (tertiary/aromatic N) is 5. The Morgan fingerprint density at radius 3 is 3.07 bits per heavy atom. The fourth-order valence-electron chi connectivity index (χ4n) is 3.40. The third-order valence-corrected chi connectivity index (χ3v) is 4.70. The highest BCUT2D eigenvalue weighted by atomic mass is 19.1. The van der Waals surface area contributed by atoms with Crippen LogP contribution in [0.15, 0.2) is 43.0 Å². The Hall–Kier alpha value is -3.29. The van der Waals surface area contributed by atoms with Crippen LogP contribution in [-0.2, 0) is 4.79 Å². The van der Waals surface area contributed by atoms with E-state index in [-0.39, 0.29) is 17.8 Å². The Labute approximate surface area is 155 Å². The van der Waals surface area contributed by atoms with E-state index < -0.39 is 0 Å². The molecule has 1 aliphatic heterocycles. The zero-order valence-corrected chi connectivity index (χ0v) is 14.8. The number of halogens is 1. The van der Waals surface area contributed by atoms with Gasteiger partial charge in [0.05, 0.1) is 18.4 Å². The van der Waals surface area contributed by atoms with Gasteiger partial charge >= 0.3 is 0 Å². The number of amides is 1. The Morgan fingerprint density at radius 1 is 1.37 bits per heavy atom. The maximum Gasteiger partial charge on any atom is 0.243 e. The Kier molecular flexibility index (Phi) is 4.53. The second kappa shape index (κ2) is 7.14. The van der Waals surface area contributed by atoms with Crippen LogP contribution in [0.25, 0.3) is 11.7 Å². The van der Waals surface area contributed by atoms with Gasteiger partial charge in [-0.2, -0.15) is 5.10 Å². The normalized spacial score (nSPS) is 17.1. The Bertz CT molecular complexity index is 1010. The Morgan fingerprint density at radius 2 is 2.26 bits per heavy atom. The van der Waals surface area contributed by atoms with Gasteiger partial charge in [0.2, 0.25) is 5.91 Å². The summed E-state index contributed by atoms with van der Waals surface area (Å²) in [6.07, 6.45) is 11.5. The number of rotatable bonds is 4. The number of fused-ring (bicyclic) bond motifs is 1. The van der Waals surface area contributed by atoms with Crippen LogP contribution < -0.4 is 10.2 Å². The molecular formula is C19H19FN6O. The van der Waals surface area contributed by atoms with E-state index >= 15 is 0 Å². The number of nitrogens with one attached hydrogen (secondary N) is 1. The molecule has 8 heteroatoms. The van der Waals surface area contributed by atoms with Crippen LogP contribution in [0, 0.1) is 5.82 Å². The van der Waals surface area contributed by atoms with E-state index in [9.17, 15) is 9.18 Å². The Balaban J connectivity index is 1.68. The molecule has 1 N–H and O–H groups in total. The molecule has 0 radical (unpaired) electrons. The molecule has 0 bridgehead atoms. The van der Waals surface area contributed by atoms with E-state index in [0.717, 1.165) is 36.3 Å². The number of carbonyl (C=O) groups is 1. The van der Waals surface area contributed by atoms with E-state index in [4.69, 9.17) is 4.98 Å². The molecule has 138 valence electrons. The highest BCUT2D eigenvalue weighted by molar-refractivity contribution is 5.92. The summed E-state index contributed by atoms with van der Waals surface area (Å²) < 4.78 is 15.3. The van der Waals surface area contributed by atoms with E-state index in [1.165, 1.54) is 18.3 Å². The lowest BCUT2D eigenvalue weighted by atomic mass is 10.1. The SMILES string of the molecule is CNC(=O)/C=C/c1cnn2ccc(N3CCCC3c3cncc(F)c3)nc12. The van der Waals surface area contributed by atoms with E-state index in [2.05, 4.69) is 20.3 Å². The van der Waals surface area contributed by atoms with Crippen molar-refractivity contribution in [2.24, 2.45) is 0 Å². The van der Waals surface area contributed by atoms with Gasteiger partial charge in [0.25, 0.3) is 0 Å². The summed E-state index contributed by atoms with van der Waals surface area (Å²) in [4.78, 5) is 22.3. The summed E-state index contributed by atoms with van der Waals surface area (Å²) in [7, 11) is 1.58. The summed E-state index contributed by atoms with van der Waals surface area (Å²) in [6, 6.07) is 3.47. The quantitative estimate of drug-likeness (QED) is 0.718. The van der Waals surface area contributed by atoms with Crippen molar-refractivity contribution < 1.29 is 9.18 Å². The molecule has 3 aromatic heterocycles. The minimum absolute atomic E-state index is 0.0379. The van der Waals surface area contributed by atoms with Gasteiger partial charge in [-0.05, 0) is 36.6 Å². The summed E-state index contributed by atoms with van der Waals surface area (Å²) >= 11 is 0. The van der Waals surface area contributed by atoms with Crippen molar-refractivity contribution >= 4 is 23.4 Å². The molecule has 1 atom stereocenters. The van der Waals surface area contributed by atoms with Crippen LogP contribution in [0.5, 0.6) is 0 Å². The summed E-state index contributed by atoms with van der Waals surface area (Å²) in [5, 5.41) is 6.81. The van der Waals surface area contributed by atoms with Gasteiger partial charge < -0.3 is 10.2 Å². The lowest BCUT2D eigenvalue weighted by molar-refractivity contribution is -0.115. The first-order valence-corrected chi connectivity index (χ1v) is 8.77. The molecule has 1 unspecified atom stereocenters. The number of anilines is 1. The van der Waals surface area contributed by atoms with Crippen molar-refractivity contribution in [3.63, 3.8) is 0 Å². The third-order valence-electron chi connectivity index (χ3n) is 4.70. The van der Waals surface area contributed by atoms with Gasteiger partial charge in [0.15, 0.2) is 5.65 Å². The summed E-state index contributed by atoms with van der Waals surface area (Å²) in [5.41, 5.74) is 2.27. The molecule has 0 aromatic carbocycles. The average molecular weight is 366 g/mol. The minimum atomic E-state index is -0.333. The molecule has 27 heavy (non-hydrogen) atoms. The molecule has 1 fully saturated rings. The topological polar surface area (TPSA) is 75.4 Å². The minimum Gasteiger partial charge on any atom is -0.356 e. The number of hydrogen-bond acceptors (Lipinski definition) is 5. The maximum atomic E-state index is 13.6. The zero-order chi connectivity index (χ0) is 18.8. The highest BCUT2D eigenvalue weighted by Crippen LogP contribution is 2.35. The average Bonchev–Trinajstić information content (AvgIpc) is 3.32. The molecule has 4 heterocycles. The lowest BCUT2D eigenvalue weighted by Crippen LogP contribution is -2.24. The van der Waals surface area contributed by atoms with Crippen LogP contribution in [0.1, 0.15) is 30.0 Å². The number of pyridine rings is 1. The molecule has 7 nitrogen and oxygen atoms in total. The van der Waals surface area contributed by atoms with Gasteiger partial charge in [0, 0.05) is 37.6 Å². The molecular weight excluding hydrogens is 347 g/mol. The van der Waals surface area contributed by atoms with Gasteiger partial charge in [0.1, 0.15) is 11.6 Å². The van der Waals surface area contributed by atoms with Gasteiger partial charge in [-0.25, -0.2) is 13.9 Å². The van der Waals surface area contributed by atoms with Crippen LogP contribution in [0.4, 0.5) is 10.2 Å². The van der Waals surface area contributed by atoms with Crippen molar-refractivity contribution in [1.29, 1.82) is 0 Å². The first-order valence-electron chi connectivity index (χ1n) is 8.77. The van der Waals surface area contributed by atoms with Crippen LogP contribution in [-0.4, -0.2) is 39.1 Å². The molecule has 3 aromatic rings. The smallest absolute Gasteiger partial charge is 0.243 e. The van der Waals surface area contributed by atoms with Crippen molar-refractivity contribution in [3.05, 3.63) is 59.9 Å². The summed E-state index contributed by atoms with van der Waals surface area (Å²) in [5.74, 6) is 0.272. The standard InChI is InChI=1S/C19H19FN6O/c1-21-18(27)5-4-13-11-23-26-8-6-17(24-19(13)26)25-7-2-3-16(25)14-9-15(20)12-22-10-14/h4-6,8-12,16H,2-3,7H2,1H3,(H,21,27)/b5-4+. The molecule has 1 saturated heterocycles. The van der Waals surface area contributed by atoms with E-state index in [1.54, 1.807) is 30.0 Å². The van der Waals surface area contributed by atoms with Crippen molar-refractivity contribution in [2.45, 2.75) is 18.9 Å². The zero-order valence-electron chi connectivity index (χ0n) is 14.8.